The summed E-state index contributed by atoms with van der Waals surface area (Å²) in [7, 11) is 0. The molecule has 0 spiro atoms. The zero-order chi connectivity index (χ0) is 10.4. The van der Waals surface area contributed by atoms with E-state index in [4.69, 9.17) is 9.84 Å². The van der Waals surface area contributed by atoms with Crippen molar-refractivity contribution in [3.63, 3.8) is 0 Å². The van der Waals surface area contributed by atoms with Crippen molar-refractivity contribution in [3.05, 3.63) is 24.0 Å². The maximum Gasteiger partial charge on any atom is 0.0696 e. The minimum atomic E-state index is 0.111. The van der Waals surface area contributed by atoms with Crippen LogP contribution in [-0.4, -0.2) is 22.9 Å². The predicted octanol–water partition coefficient (Wildman–Crippen LogP) is 1.65. The Morgan fingerprint density at radius 2 is 2.29 bits per heavy atom. The fourth-order valence-corrected chi connectivity index (χ4v) is 1.21. The fraction of sp³-hybridized carbons (Fsp3) is 0.636. The van der Waals surface area contributed by atoms with E-state index >= 15 is 0 Å². The molecule has 0 saturated heterocycles. The van der Waals surface area contributed by atoms with Gasteiger partial charge in [0.15, 0.2) is 0 Å². The zero-order valence-corrected chi connectivity index (χ0v) is 8.94. The molecular weight excluding hydrogens is 178 g/mol. The Morgan fingerprint density at radius 1 is 1.50 bits per heavy atom. The maximum absolute atomic E-state index is 8.85. The van der Waals surface area contributed by atoms with Crippen molar-refractivity contribution in [1.82, 2.24) is 4.57 Å². The lowest BCUT2D eigenvalue weighted by Crippen LogP contribution is -2.08. The SMILES string of the molecule is CC(C)COCCn1ccc(CO)c1. The van der Waals surface area contributed by atoms with Gasteiger partial charge in [0.2, 0.25) is 0 Å². The van der Waals surface area contributed by atoms with Crippen LogP contribution in [0.2, 0.25) is 0 Å². The first-order valence-corrected chi connectivity index (χ1v) is 5.05. The molecule has 0 aromatic carbocycles. The molecule has 0 saturated carbocycles. The van der Waals surface area contributed by atoms with Gasteiger partial charge in [0.25, 0.3) is 0 Å². The highest BCUT2D eigenvalue weighted by Crippen LogP contribution is 2.01. The molecule has 0 aliphatic rings. The van der Waals surface area contributed by atoms with Crippen molar-refractivity contribution >= 4 is 0 Å². The molecule has 80 valence electrons. The first kappa shape index (κ1) is 11.3. The Balaban J connectivity index is 2.18. The number of nitrogens with zero attached hydrogens (tertiary/aromatic N) is 1. The maximum atomic E-state index is 8.85. The van der Waals surface area contributed by atoms with Gasteiger partial charge in [-0.25, -0.2) is 0 Å². The molecule has 3 nitrogen and oxygen atoms in total. The van der Waals surface area contributed by atoms with Gasteiger partial charge in [0, 0.05) is 25.5 Å². The van der Waals surface area contributed by atoms with Gasteiger partial charge in [-0.1, -0.05) is 13.8 Å². The zero-order valence-electron chi connectivity index (χ0n) is 8.94. The van der Waals surface area contributed by atoms with Crippen molar-refractivity contribution in [1.29, 1.82) is 0 Å². The van der Waals surface area contributed by atoms with Crippen LogP contribution in [-0.2, 0) is 17.9 Å². The van der Waals surface area contributed by atoms with E-state index in [0.717, 1.165) is 25.3 Å². The molecule has 1 aromatic heterocycles. The van der Waals surface area contributed by atoms with Crippen molar-refractivity contribution in [2.45, 2.75) is 27.0 Å². The molecule has 0 aliphatic heterocycles. The third-order valence-corrected chi connectivity index (χ3v) is 1.94. The molecular formula is C11H19NO2. The minimum Gasteiger partial charge on any atom is -0.392 e. The van der Waals surface area contributed by atoms with Gasteiger partial charge in [-0.2, -0.15) is 0 Å². The molecule has 1 heterocycles. The second kappa shape index (κ2) is 5.83. The Morgan fingerprint density at radius 3 is 2.86 bits per heavy atom. The Bertz CT molecular complexity index is 256. The van der Waals surface area contributed by atoms with Gasteiger partial charge >= 0.3 is 0 Å². The topological polar surface area (TPSA) is 34.4 Å². The first-order valence-electron chi connectivity index (χ1n) is 5.05. The molecule has 1 aromatic rings. The summed E-state index contributed by atoms with van der Waals surface area (Å²) in [5, 5.41) is 8.85. The molecule has 0 amide bonds. The fourth-order valence-electron chi connectivity index (χ4n) is 1.21. The molecule has 0 aliphatic carbocycles. The lowest BCUT2D eigenvalue weighted by Gasteiger charge is -2.07. The van der Waals surface area contributed by atoms with Crippen LogP contribution >= 0.6 is 0 Å². The van der Waals surface area contributed by atoms with Crippen LogP contribution < -0.4 is 0 Å². The van der Waals surface area contributed by atoms with Crippen LogP contribution in [0.4, 0.5) is 0 Å². The lowest BCUT2D eigenvalue weighted by atomic mass is 10.2. The average molecular weight is 197 g/mol. The van der Waals surface area contributed by atoms with Crippen molar-refractivity contribution in [3.8, 4) is 0 Å². The Labute approximate surface area is 85.3 Å². The summed E-state index contributed by atoms with van der Waals surface area (Å²) in [6, 6.07) is 1.92. The molecule has 0 unspecified atom stereocenters. The lowest BCUT2D eigenvalue weighted by molar-refractivity contribution is 0.103. The highest BCUT2D eigenvalue weighted by molar-refractivity contribution is 5.08. The van der Waals surface area contributed by atoms with E-state index < -0.39 is 0 Å². The van der Waals surface area contributed by atoms with E-state index in [2.05, 4.69) is 13.8 Å². The largest absolute Gasteiger partial charge is 0.392 e. The number of aliphatic hydroxyl groups excluding tert-OH is 1. The minimum absolute atomic E-state index is 0.111. The number of hydrogen-bond donors (Lipinski definition) is 1. The smallest absolute Gasteiger partial charge is 0.0696 e. The number of rotatable bonds is 6. The molecule has 1 rings (SSSR count). The third-order valence-electron chi connectivity index (χ3n) is 1.94. The standard InChI is InChI=1S/C11H19NO2/c1-10(2)9-14-6-5-12-4-3-11(7-12)8-13/h3-4,7,10,13H,5-6,8-9H2,1-2H3. The van der Waals surface area contributed by atoms with Crippen LogP contribution in [0.5, 0.6) is 0 Å². The second-order valence-corrected chi connectivity index (χ2v) is 3.88. The predicted molar refractivity (Wildman–Crippen MR) is 56.0 cm³/mol. The normalized spacial score (nSPS) is 11.1. The van der Waals surface area contributed by atoms with Gasteiger partial charge in [0.1, 0.15) is 0 Å². The molecule has 0 bridgehead atoms. The number of aliphatic hydroxyl groups is 1. The molecule has 0 atom stereocenters. The van der Waals surface area contributed by atoms with E-state index in [1.54, 1.807) is 0 Å². The molecule has 1 N–H and O–H groups in total. The Hall–Kier alpha value is -0.800. The number of ether oxygens (including phenoxy) is 1. The van der Waals surface area contributed by atoms with Crippen molar-refractivity contribution < 1.29 is 9.84 Å². The van der Waals surface area contributed by atoms with Crippen LogP contribution in [0.3, 0.4) is 0 Å². The van der Waals surface area contributed by atoms with E-state index in [-0.39, 0.29) is 6.61 Å². The van der Waals surface area contributed by atoms with Crippen LogP contribution in [0.15, 0.2) is 18.5 Å². The summed E-state index contributed by atoms with van der Waals surface area (Å²) in [5.41, 5.74) is 0.953. The highest BCUT2D eigenvalue weighted by Gasteiger charge is 1.96. The second-order valence-electron chi connectivity index (χ2n) is 3.88. The van der Waals surface area contributed by atoms with Crippen LogP contribution in [0.1, 0.15) is 19.4 Å². The van der Waals surface area contributed by atoms with Gasteiger partial charge in [0.05, 0.1) is 13.2 Å². The quantitative estimate of drug-likeness (QED) is 0.704. The summed E-state index contributed by atoms with van der Waals surface area (Å²) >= 11 is 0. The van der Waals surface area contributed by atoms with Gasteiger partial charge in [-0.3, -0.25) is 0 Å². The summed E-state index contributed by atoms with van der Waals surface area (Å²) < 4.78 is 7.49. The van der Waals surface area contributed by atoms with Crippen LogP contribution in [0, 0.1) is 5.92 Å². The molecule has 0 radical (unpaired) electrons. The highest BCUT2D eigenvalue weighted by atomic mass is 16.5. The van der Waals surface area contributed by atoms with Crippen molar-refractivity contribution in [2.75, 3.05) is 13.2 Å². The van der Waals surface area contributed by atoms with E-state index in [0.29, 0.717) is 5.92 Å². The summed E-state index contributed by atoms with van der Waals surface area (Å²) in [6.07, 6.45) is 3.91. The number of hydrogen-bond acceptors (Lipinski definition) is 2. The molecule has 14 heavy (non-hydrogen) atoms. The van der Waals surface area contributed by atoms with Gasteiger partial charge < -0.3 is 14.4 Å². The van der Waals surface area contributed by atoms with Gasteiger partial charge in [-0.05, 0) is 17.5 Å². The first-order chi connectivity index (χ1) is 6.72. The number of aromatic nitrogens is 1. The monoisotopic (exact) mass is 197 g/mol. The van der Waals surface area contributed by atoms with E-state index in [1.807, 2.05) is 23.0 Å². The van der Waals surface area contributed by atoms with Crippen LogP contribution in [0.25, 0.3) is 0 Å². The van der Waals surface area contributed by atoms with E-state index in [1.165, 1.54) is 0 Å². The van der Waals surface area contributed by atoms with Crippen molar-refractivity contribution in [2.24, 2.45) is 5.92 Å². The summed E-state index contributed by atoms with van der Waals surface area (Å²) in [6.45, 7) is 6.79. The summed E-state index contributed by atoms with van der Waals surface area (Å²) in [4.78, 5) is 0. The van der Waals surface area contributed by atoms with E-state index in [9.17, 15) is 0 Å². The summed E-state index contributed by atoms with van der Waals surface area (Å²) in [5.74, 6) is 0.590. The Kier molecular flexibility index (Phi) is 4.70. The average Bonchev–Trinajstić information content (AvgIpc) is 2.60. The third kappa shape index (κ3) is 3.94. The van der Waals surface area contributed by atoms with Gasteiger partial charge in [-0.15, -0.1) is 0 Å². The molecule has 0 fully saturated rings. The molecule has 3 heteroatoms.